The normalized spacial score (nSPS) is 11.9. The summed E-state index contributed by atoms with van der Waals surface area (Å²) < 4.78 is 5.15. The van der Waals surface area contributed by atoms with Gasteiger partial charge in [0.05, 0.1) is 4.92 Å². The molecule has 1 atom stereocenters. The Kier molecular flexibility index (Phi) is 4.03. The fourth-order valence-corrected chi connectivity index (χ4v) is 1.27. The molecule has 1 amide bonds. The van der Waals surface area contributed by atoms with E-state index in [4.69, 9.17) is 10.5 Å². The van der Waals surface area contributed by atoms with Crippen LogP contribution in [0.4, 0.5) is 5.69 Å². The first kappa shape index (κ1) is 13.0. The maximum absolute atomic E-state index is 10.9. The summed E-state index contributed by atoms with van der Waals surface area (Å²) in [4.78, 5) is 21.1. The van der Waals surface area contributed by atoms with E-state index >= 15 is 0 Å². The van der Waals surface area contributed by atoms with Gasteiger partial charge < -0.3 is 10.5 Å². The van der Waals surface area contributed by atoms with Gasteiger partial charge in [-0.25, -0.2) is 0 Å². The first-order chi connectivity index (χ1) is 7.95. The fraction of sp³-hybridized carbons (Fsp3) is 0.364. The lowest BCUT2D eigenvalue weighted by Gasteiger charge is -2.11. The molecule has 6 nitrogen and oxygen atoms in total. The second-order valence-electron chi connectivity index (χ2n) is 3.58. The van der Waals surface area contributed by atoms with E-state index in [1.54, 1.807) is 6.07 Å². The highest BCUT2D eigenvalue weighted by Crippen LogP contribution is 2.28. The van der Waals surface area contributed by atoms with Crippen molar-refractivity contribution in [1.82, 2.24) is 0 Å². The molecule has 0 radical (unpaired) electrons. The van der Waals surface area contributed by atoms with Crippen LogP contribution in [0.25, 0.3) is 0 Å². The quantitative estimate of drug-likeness (QED) is 0.619. The third kappa shape index (κ3) is 3.17. The van der Waals surface area contributed by atoms with Gasteiger partial charge in [0.1, 0.15) is 0 Å². The Balaban J connectivity index is 3.06. The molecule has 0 aliphatic carbocycles. The largest absolute Gasteiger partial charge is 0.474 e. The highest BCUT2D eigenvalue weighted by Gasteiger charge is 2.19. The Bertz CT molecular complexity index is 445. The molecule has 1 rings (SSSR count). The van der Waals surface area contributed by atoms with E-state index in [1.807, 2.05) is 6.92 Å². The van der Waals surface area contributed by atoms with Crippen molar-refractivity contribution in [3.8, 4) is 5.75 Å². The van der Waals surface area contributed by atoms with Crippen LogP contribution in [-0.4, -0.2) is 16.9 Å². The Morgan fingerprint density at radius 2 is 2.24 bits per heavy atom. The molecule has 1 unspecified atom stereocenters. The number of amides is 1. The molecule has 17 heavy (non-hydrogen) atoms. The molecule has 0 aromatic heterocycles. The van der Waals surface area contributed by atoms with Crippen LogP contribution in [0, 0.1) is 10.1 Å². The predicted octanol–water partition coefficient (Wildman–Crippen LogP) is 1.41. The fourth-order valence-electron chi connectivity index (χ4n) is 1.27. The number of benzene rings is 1. The van der Waals surface area contributed by atoms with Crippen molar-refractivity contribution in [2.75, 3.05) is 0 Å². The molecule has 0 heterocycles. The van der Waals surface area contributed by atoms with E-state index in [0.717, 1.165) is 5.56 Å². The number of primary amides is 1. The van der Waals surface area contributed by atoms with Crippen molar-refractivity contribution < 1.29 is 14.5 Å². The molecular weight excluding hydrogens is 224 g/mol. The molecule has 6 heteroatoms. The van der Waals surface area contributed by atoms with Crippen LogP contribution >= 0.6 is 0 Å². The number of nitrogens with two attached hydrogens (primary N) is 1. The van der Waals surface area contributed by atoms with E-state index in [0.29, 0.717) is 6.42 Å². The van der Waals surface area contributed by atoms with E-state index in [1.165, 1.54) is 19.1 Å². The Labute approximate surface area is 98.5 Å². The van der Waals surface area contributed by atoms with E-state index in [9.17, 15) is 14.9 Å². The third-order valence-electron chi connectivity index (χ3n) is 2.33. The van der Waals surface area contributed by atoms with Crippen molar-refractivity contribution in [2.24, 2.45) is 5.73 Å². The van der Waals surface area contributed by atoms with Gasteiger partial charge in [0.25, 0.3) is 5.91 Å². The van der Waals surface area contributed by atoms with Gasteiger partial charge in [-0.3, -0.25) is 14.9 Å². The molecule has 0 aliphatic rings. The van der Waals surface area contributed by atoms with Crippen LogP contribution in [0.5, 0.6) is 5.75 Å². The van der Waals surface area contributed by atoms with Crippen molar-refractivity contribution in [3.05, 3.63) is 33.9 Å². The number of nitro benzene ring substituents is 1. The summed E-state index contributed by atoms with van der Waals surface area (Å²) in [6.45, 7) is 3.34. The second-order valence-corrected chi connectivity index (χ2v) is 3.58. The summed E-state index contributed by atoms with van der Waals surface area (Å²) in [5.41, 5.74) is 5.71. The van der Waals surface area contributed by atoms with E-state index in [2.05, 4.69) is 0 Å². The number of nitro groups is 1. The number of carbonyl (C=O) groups excluding carboxylic acids is 1. The molecule has 0 spiro atoms. The summed E-state index contributed by atoms with van der Waals surface area (Å²) in [6, 6.07) is 4.63. The van der Waals surface area contributed by atoms with Gasteiger partial charge in [0.15, 0.2) is 11.9 Å². The topological polar surface area (TPSA) is 95.5 Å². The molecule has 0 saturated heterocycles. The second kappa shape index (κ2) is 5.29. The molecule has 1 aromatic carbocycles. The number of rotatable bonds is 5. The summed E-state index contributed by atoms with van der Waals surface area (Å²) >= 11 is 0. The standard InChI is InChI=1S/C11H14N2O4/c1-3-8-4-5-10(9(6-8)13(15)16)17-7(2)11(12)14/h4-7H,3H2,1-2H3,(H2,12,14). The molecule has 0 aliphatic heterocycles. The van der Waals surface area contributed by atoms with Gasteiger partial charge in [-0.2, -0.15) is 0 Å². The van der Waals surface area contributed by atoms with Crippen LogP contribution < -0.4 is 10.5 Å². The Morgan fingerprint density at radius 1 is 1.59 bits per heavy atom. The van der Waals surface area contributed by atoms with Crippen molar-refractivity contribution >= 4 is 11.6 Å². The van der Waals surface area contributed by atoms with Gasteiger partial charge in [-0.15, -0.1) is 0 Å². The SMILES string of the molecule is CCc1ccc(OC(C)C(N)=O)c([N+](=O)[O-])c1. The summed E-state index contributed by atoms with van der Waals surface area (Å²) in [7, 11) is 0. The smallest absolute Gasteiger partial charge is 0.311 e. The Hall–Kier alpha value is -2.11. The van der Waals surface area contributed by atoms with Crippen LogP contribution in [-0.2, 0) is 11.2 Å². The molecule has 0 fully saturated rings. The molecule has 0 bridgehead atoms. The number of carbonyl (C=O) groups is 1. The zero-order valence-corrected chi connectivity index (χ0v) is 9.67. The zero-order valence-electron chi connectivity index (χ0n) is 9.67. The van der Waals surface area contributed by atoms with Gasteiger partial charge in [0.2, 0.25) is 0 Å². The van der Waals surface area contributed by atoms with Gasteiger partial charge in [-0.05, 0) is 25.0 Å². The predicted molar refractivity (Wildman–Crippen MR) is 61.8 cm³/mol. The first-order valence-corrected chi connectivity index (χ1v) is 5.19. The lowest BCUT2D eigenvalue weighted by molar-refractivity contribution is -0.386. The molecule has 92 valence electrons. The molecule has 2 N–H and O–H groups in total. The molecular formula is C11H14N2O4. The average Bonchev–Trinajstić information content (AvgIpc) is 2.29. The number of ether oxygens (including phenoxy) is 1. The summed E-state index contributed by atoms with van der Waals surface area (Å²) in [5.74, 6) is -0.614. The van der Waals surface area contributed by atoms with Crippen molar-refractivity contribution in [2.45, 2.75) is 26.4 Å². The Morgan fingerprint density at radius 3 is 2.71 bits per heavy atom. The third-order valence-corrected chi connectivity index (χ3v) is 2.33. The van der Waals surface area contributed by atoms with E-state index in [-0.39, 0.29) is 11.4 Å². The lowest BCUT2D eigenvalue weighted by atomic mass is 10.1. The average molecular weight is 238 g/mol. The highest BCUT2D eigenvalue weighted by atomic mass is 16.6. The van der Waals surface area contributed by atoms with Gasteiger partial charge in [-0.1, -0.05) is 13.0 Å². The monoisotopic (exact) mass is 238 g/mol. The molecule has 1 aromatic rings. The minimum absolute atomic E-state index is 0.0542. The number of aryl methyl sites for hydroxylation is 1. The number of hydrogen-bond acceptors (Lipinski definition) is 4. The van der Waals surface area contributed by atoms with Crippen LogP contribution in [0.2, 0.25) is 0 Å². The number of nitrogens with zero attached hydrogens (tertiary/aromatic N) is 1. The maximum Gasteiger partial charge on any atom is 0.311 e. The van der Waals surface area contributed by atoms with E-state index < -0.39 is 16.9 Å². The van der Waals surface area contributed by atoms with Crippen molar-refractivity contribution in [3.63, 3.8) is 0 Å². The van der Waals surface area contributed by atoms with Gasteiger partial charge in [0, 0.05) is 6.07 Å². The van der Waals surface area contributed by atoms with Crippen LogP contribution in [0.3, 0.4) is 0 Å². The first-order valence-electron chi connectivity index (χ1n) is 5.19. The van der Waals surface area contributed by atoms with Crippen molar-refractivity contribution in [1.29, 1.82) is 0 Å². The zero-order chi connectivity index (χ0) is 13.0. The van der Waals surface area contributed by atoms with Crippen LogP contribution in [0.1, 0.15) is 19.4 Å². The minimum atomic E-state index is -0.902. The lowest BCUT2D eigenvalue weighted by Crippen LogP contribution is -2.30. The maximum atomic E-state index is 10.9. The highest BCUT2D eigenvalue weighted by molar-refractivity contribution is 5.78. The summed E-state index contributed by atoms with van der Waals surface area (Å²) in [6.07, 6.45) is -0.215. The molecule has 0 saturated carbocycles. The van der Waals surface area contributed by atoms with Crippen LogP contribution in [0.15, 0.2) is 18.2 Å². The minimum Gasteiger partial charge on any atom is -0.474 e. The van der Waals surface area contributed by atoms with Gasteiger partial charge >= 0.3 is 5.69 Å². The summed E-state index contributed by atoms with van der Waals surface area (Å²) in [5, 5.41) is 10.9. The number of hydrogen-bond donors (Lipinski definition) is 1.